The van der Waals surface area contributed by atoms with Crippen molar-refractivity contribution >= 4 is 11.9 Å². The third kappa shape index (κ3) is 4.75. The lowest BCUT2D eigenvalue weighted by atomic mass is 10.2. The molecule has 14 nitrogen and oxygen atoms in total. The van der Waals surface area contributed by atoms with Crippen LogP contribution in [0.25, 0.3) is 0 Å². The van der Waals surface area contributed by atoms with Crippen molar-refractivity contribution in [2.45, 2.75) is 37.7 Å². The number of hydrogen-bond acceptors (Lipinski definition) is 12. The van der Waals surface area contributed by atoms with E-state index in [0.717, 1.165) is 6.92 Å². The maximum absolute atomic E-state index is 10.9. The first kappa shape index (κ1) is 21.5. The van der Waals surface area contributed by atoms with Gasteiger partial charge in [-0.05, 0) is 0 Å². The average Bonchev–Trinajstić information content (AvgIpc) is 2.17. The van der Waals surface area contributed by atoms with Crippen molar-refractivity contribution in [1.82, 2.24) is 0 Å². The van der Waals surface area contributed by atoms with Gasteiger partial charge in [-0.15, -0.1) is 0 Å². The van der Waals surface area contributed by atoms with E-state index in [-0.39, 0.29) is 0 Å². The standard InChI is InChI=1S/C9H17NO13/c1-4(11)23-5(2-6(12)13)3-10(7(14,15)16,8(17,18)19)9(20,21)22/h5,14-22H,2-3H2,1H3/p+1. The van der Waals surface area contributed by atoms with E-state index in [4.69, 9.17) is 51.1 Å². The number of esters is 1. The van der Waals surface area contributed by atoms with Crippen LogP contribution in [-0.4, -0.2) is 98.4 Å². The highest BCUT2D eigenvalue weighted by atomic mass is 16.8. The van der Waals surface area contributed by atoms with Gasteiger partial charge in [0.25, 0.3) is 0 Å². The summed E-state index contributed by atoms with van der Waals surface area (Å²) >= 11 is 0. The van der Waals surface area contributed by atoms with Crippen LogP contribution in [-0.2, 0) is 14.3 Å². The van der Waals surface area contributed by atoms with Gasteiger partial charge in [0.05, 0.1) is 6.42 Å². The van der Waals surface area contributed by atoms with Crippen LogP contribution in [0.3, 0.4) is 0 Å². The Kier molecular flexibility index (Phi) is 6.16. The molecule has 0 aromatic rings. The first-order valence-corrected chi connectivity index (χ1v) is 5.74. The molecule has 0 radical (unpaired) electrons. The molecular weight excluding hydrogens is 330 g/mol. The number of aliphatic carboxylic acids is 1. The van der Waals surface area contributed by atoms with Gasteiger partial charge in [-0.3, -0.25) is 55.5 Å². The van der Waals surface area contributed by atoms with Gasteiger partial charge in [-0.1, -0.05) is 4.48 Å². The first-order chi connectivity index (χ1) is 9.95. The fraction of sp³-hybridized carbons (Fsp3) is 0.778. The number of rotatable bonds is 8. The summed E-state index contributed by atoms with van der Waals surface area (Å²) in [6.07, 6.45) is -17.2. The summed E-state index contributed by atoms with van der Waals surface area (Å²) in [5.41, 5.74) is 0. The van der Waals surface area contributed by atoms with Crippen LogP contribution in [0.1, 0.15) is 13.3 Å². The Hall–Kier alpha value is -1.46. The molecular formula is C9H18NO13+. The Morgan fingerprint density at radius 2 is 1.26 bits per heavy atom. The van der Waals surface area contributed by atoms with Crippen molar-refractivity contribution in [3.63, 3.8) is 0 Å². The Labute approximate surface area is 127 Å². The van der Waals surface area contributed by atoms with Crippen molar-refractivity contribution in [3.05, 3.63) is 0 Å². The number of aliphatic hydroxyl groups is 9. The zero-order valence-corrected chi connectivity index (χ0v) is 11.6. The minimum Gasteiger partial charge on any atom is -0.481 e. The van der Waals surface area contributed by atoms with Crippen molar-refractivity contribution in [2.75, 3.05) is 6.54 Å². The molecule has 0 saturated carbocycles. The zero-order chi connectivity index (χ0) is 18.9. The van der Waals surface area contributed by atoms with Crippen LogP contribution >= 0.6 is 0 Å². The number of nitrogens with zero attached hydrogens (tertiary/aromatic N) is 1. The smallest absolute Gasteiger partial charge is 0.455 e. The molecule has 0 amide bonds. The van der Waals surface area contributed by atoms with Crippen LogP contribution in [0.15, 0.2) is 0 Å². The Morgan fingerprint density at radius 3 is 1.48 bits per heavy atom. The normalized spacial score (nSPS) is 15.2. The zero-order valence-electron chi connectivity index (χ0n) is 11.6. The number of carbonyl (C=O) groups excluding carboxylic acids is 1. The van der Waals surface area contributed by atoms with Gasteiger partial charge < -0.3 is 9.84 Å². The van der Waals surface area contributed by atoms with E-state index >= 15 is 0 Å². The first-order valence-electron chi connectivity index (χ1n) is 5.74. The summed E-state index contributed by atoms with van der Waals surface area (Å²) in [7, 11) is 0. The fourth-order valence-corrected chi connectivity index (χ4v) is 1.85. The molecule has 23 heavy (non-hydrogen) atoms. The highest BCUT2D eigenvalue weighted by Gasteiger charge is 2.74. The molecule has 136 valence electrons. The fourth-order valence-electron chi connectivity index (χ4n) is 1.85. The second-order valence-electron chi connectivity index (χ2n) is 4.62. The molecule has 0 aliphatic rings. The molecule has 0 bridgehead atoms. The number of ether oxygens (including phenoxy) is 1. The van der Waals surface area contributed by atoms with Gasteiger partial charge in [0.1, 0.15) is 6.54 Å². The number of hydrogen-bond donors (Lipinski definition) is 10. The van der Waals surface area contributed by atoms with E-state index in [1.54, 1.807) is 0 Å². The van der Waals surface area contributed by atoms with E-state index < -0.39 is 53.8 Å². The van der Waals surface area contributed by atoms with Crippen molar-refractivity contribution in [1.29, 1.82) is 0 Å². The largest absolute Gasteiger partial charge is 0.481 e. The van der Waals surface area contributed by atoms with E-state index in [0.29, 0.717) is 0 Å². The van der Waals surface area contributed by atoms with E-state index in [2.05, 4.69) is 4.74 Å². The van der Waals surface area contributed by atoms with E-state index in [1.165, 1.54) is 0 Å². The van der Waals surface area contributed by atoms with Gasteiger partial charge in [0.15, 0.2) is 6.10 Å². The summed E-state index contributed by atoms with van der Waals surface area (Å²) in [5.74, 6) is -2.86. The quantitative estimate of drug-likeness (QED) is 0.112. The van der Waals surface area contributed by atoms with Gasteiger partial charge in [-0.2, -0.15) is 0 Å². The number of carbonyl (C=O) groups is 2. The van der Waals surface area contributed by atoms with Gasteiger partial charge in [-0.25, -0.2) is 0 Å². The van der Waals surface area contributed by atoms with Crippen molar-refractivity contribution in [3.8, 4) is 0 Å². The molecule has 0 spiro atoms. The van der Waals surface area contributed by atoms with E-state index in [1.807, 2.05) is 0 Å². The summed E-state index contributed by atoms with van der Waals surface area (Å²) in [5, 5.41) is 91.0. The number of carboxylic acid groups (broad SMARTS) is 1. The van der Waals surface area contributed by atoms with Gasteiger partial charge in [0, 0.05) is 6.92 Å². The maximum atomic E-state index is 10.9. The minimum absolute atomic E-state index is 0.766. The second kappa shape index (κ2) is 6.57. The molecule has 0 aliphatic heterocycles. The molecule has 0 aromatic heterocycles. The Balaban J connectivity index is 6.13. The Morgan fingerprint density at radius 1 is 0.913 bits per heavy atom. The van der Waals surface area contributed by atoms with Crippen LogP contribution in [0.2, 0.25) is 0 Å². The van der Waals surface area contributed by atoms with Gasteiger partial charge >= 0.3 is 30.2 Å². The van der Waals surface area contributed by atoms with Crippen molar-refractivity contribution < 1.29 is 69.9 Å². The minimum atomic E-state index is -4.66. The predicted molar refractivity (Wildman–Crippen MR) is 61.1 cm³/mol. The molecule has 0 fully saturated rings. The van der Waals surface area contributed by atoms with Crippen LogP contribution in [0, 0.1) is 0 Å². The molecule has 1 atom stereocenters. The monoisotopic (exact) mass is 348 g/mol. The maximum Gasteiger partial charge on any atom is 0.455 e. The highest BCUT2D eigenvalue weighted by Crippen LogP contribution is 2.35. The molecule has 1 unspecified atom stereocenters. The summed E-state index contributed by atoms with van der Waals surface area (Å²) < 4.78 is 0.990. The molecule has 0 aromatic carbocycles. The molecule has 0 rings (SSSR count). The lowest BCUT2D eigenvalue weighted by Crippen LogP contribution is -2.85. The predicted octanol–water partition coefficient (Wildman–Crippen LogP) is -6.03. The van der Waals surface area contributed by atoms with Crippen LogP contribution < -0.4 is 0 Å². The van der Waals surface area contributed by atoms with Crippen molar-refractivity contribution in [2.24, 2.45) is 0 Å². The topological polar surface area (TPSA) is 246 Å². The molecule has 0 saturated heterocycles. The lowest BCUT2D eigenvalue weighted by molar-refractivity contribution is -1.22. The summed E-state index contributed by atoms with van der Waals surface area (Å²) in [4.78, 5) is 21.6. The number of quaternary nitrogens is 1. The summed E-state index contributed by atoms with van der Waals surface area (Å²) in [6.45, 7) is -1.02. The molecule has 0 aliphatic carbocycles. The average molecular weight is 348 g/mol. The molecule has 14 heteroatoms. The summed E-state index contributed by atoms with van der Waals surface area (Å²) in [6, 6.07) is 0. The molecule has 10 N–H and O–H groups in total. The van der Waals surface area contributed by atoms with Crippen LogP contribution in [0.5, 0.6) is 0 Å². The lowest BCUT2D eigenvalue weighted by Gasteiger charge is -2.49. The van der Waals surface area contributed by atoms with Crippen LogP contribution in [0.4, 0.5) is 0 Å². The van der Waals surface area contributed by atoms with Gasteiger partial charge in [0.2, 0.25) is 0 Å². The SMILES string of the molecule is CC(=O)OC(CC(=O)O)C[N+](C(O)(O)O)(C(O)(O)O)C(O)(O)O. The highest BCUT2D eigenvalue weighted by molar-refractivity contribution is 5.69. The van der Waals surface area contributed by atoms with E-state index in [9.17, 15) is 9.59 Å². The molecule has 0 heterocycles. The Bertz CT molecular complexity index is 390. The second-order valence-corrected chi connectivity index (χ2v) is 4.62. The number of carboxylic acids is 1. The third-order valence-corrected chi connectivity index (χ3v) is 2.75. The third-order valence-electron chi connectivity index (χ3n) is 2.75.